The van der Waals surface area contributed by atoms with Crippen LogP contribution in [0.4, 0.5) is 5.69 Å². The summed E-state index contributed by atoms with van der Waals surface area (Å²) in [5.41, 5.74) is 7.69. The molecule has 29 heavy (non-hydrogen) atoms. The van der Waals surface area contributed by atoms with Gasteiger partial charge in [-0.05, 0) is 36.8 Å². The quantitative estimate of drug-likeness (QED) is 0.410. The molecule has 0 unspecified atom stereocenters. The molecule has 0 atom stereocenters. The lowest BCUT2D eigenvalue weighted by Crippen LogP contribution is -2.23. The monoisotopic (exact) mass is 408 g/mol. The van der Waals surface area contributed by atoms with Gasteiger partial charge in [0.25, 0.3) is 5.56 Å². The van der Waals surface area contributed by atoms with Crippen LogP contribution in [-0.4, -0.2) is 21.8 Å². The number of anilines is 1. The van der Waals surface area contributed by atoms with Gasteiger partial charge < -0.3 is 16.0 Å². The van der Waals surface area contributed by atoms with Crippen molar-refractivity contribution < 1.29 is 9.59 Å². The van der Waals surface area contributed by atoms with Crippen molar-refractivity contribution in [1.29, 1.82) is 0 Å². The van der Waals surface area contributed by atoms with Gasteiger partial charge in [0.15, 0.2) is 5.16 Å². The molecule has 0 aliphatic heterocycles. The van der Waals surface area contributed by atoms with Crippen molar-refractivity contribution in [3.63, 3.8) is 0 Å². The number of carbonyl (C=O) groups is 2. The van der Waals surface area contributed by atoms with Gasteiger partial charge in [0, 0.05) is 28.3 Å². The Balaban J connectivity index is 1.65. The average molecular weight is 408 g/mol. The fourth-order valence-corrected chi connectivity index (χ4v) is 3.53. The predicted octanol–water partition coefficient (Wildman–Crippen LogP) is 2.65. The van der Waals surface area contributed by atoms with E-state index in [4.69, 9.17) is 5.73 Å². The third kappa shape index (κ3) is 5.55. The molecule has 0 saturated heterocycles. The fraction of sp³-hybridized carbons (Fsp3) is 0.143. The first-order chi connectivity index (χ1) is 13.9. The van der Waals surface area contributed by atoms with Gasteiger partial charge in [0.2, 0.25) is 11.8 Å². The minimum absolute atomic E-state index is 0.102. The average Bonchev–Trinajstić information content (AvgIpc) is 2.70. The van der Waals surface area contributed by atoms with E-state index < -0.39 is 5.91 Å². The van der Waals surface area contributed by atoms with Crippen LogP contribution >= 0.6 is 11.8 Å². The molecule has 0 saturated carbocycles. The third-order valence-corrected chi connectivity index (χ3v) is 5.15. The number of rotatable bonds is 7. The van der Waals surface area contributed by atoms with E-state index >= 15 is 0 Å². The van der Waals surface area contributed by atoms with E-state index in [1.165, 1.54) is 23.9 Å². The predicted molar refractivity (Wildman–Crippen MR) is 113 cm³/mol. The van der Waals surface area contributed by atoms with Crippen LogP contribution in [-0.2, 0) is 17.0 Å². The second-order valence-electron chi connectivity index (χ2n) is 6.38. The number of thioether (sulfide) groups is 1. The topological polar surface area (TPSA) is 118 Å². The highest BCUT2D eigenvalue weighted by molar-refractivity contribution is 7.98. The zero-order chi connectivity index (χ0) is 20.8. The van der Waals surface area contributed by atoms with Gasteiger partial charge in [0.05, 0.1) is 6.42 Å². The van der Waals surface area contributed by atoms with Gasteiger partial charge in [0.1, 0.15) is 0 Å². The molecule has 0 bridgehead atoms. The summed E-state index contributed by atoms with van der Waals surface area (Å²) in [6, 6.07) is 16.1. The molecule has 0 aliphatic rings. The van der Waals surface area contributed by atoms with Crippen LogP contribution in [0.15, 0.2) is 64.5 Å². The molecular weight excluding hydrogens is 388 g/mol. The van der Waals surface area contributed by atoms with Crippen LogP contribution in [0, 0.1) is 6.92 Å². The lowest BCUT2D eigenvalue weighted by molar-refractivity contribution is -0.115. The molecule has 7 nitrogen and oxygen atoms in total. The van der Waals surface area contributed by atoms with Crippen molar-refractivity contribution in [2.45, 2.75) is 24.3 Å². The number of nitrogens with two attached hydrogens (primary N) is 1. The van der Waals surface area contributed by atoms with Gasteiger partial charge in [-0.2, -0.15) is 0 Å². The second-order valence-corrected chi connectivity index (χ2v) is 7.34. The van der Waals surface area contributed by atoms with E-state index in [2.05, 4.69) is 15.3 Å². The van der Waals surface area contributed by atoms with E-state index in [0.29, 0.717) is 33.4 Å². The van der Waals surface area contributed by atoms with Gasteiger partial charge >= 0.3 is 0 Å². The van der Waals surface area contributed by atoms with Crippen molar-refractivity contribution in [3.8, 4) is 0 Å². The minimum Gasteiger partial charge on any atom is -0.366 e. The van der Waals surface area contributed by atoms with Crippen molar-refractivity contribution in [2.75, 3.05) is 5.32 Å². The SMILES string of the molecule is Cc1nc(SCc2ccccc2)[nH]c(=O)c1CC(=O)Nc1ccc(C(N)=O)cc1. The van der Waals surface area contributed by atoms with Gasteiger partial charge in [-0.1, -0.05) is 42.1 Å². The number of nitrogens with zero attached hydrogens (tertiary/aromatic N) is 1. The molecule has 1 heterocycles. The number of primary amides is 1. The summed E-state index contributed by atoms with van der Waals surface area (Å²) in [6.07, 6.45) is -0.102. The van der Waals surface area contributed by atoms with Crippen molar-refractivity contribution >= 4 is 29.3 Å². The molecule has 0 aliphatic carbocycles. The normalized spacial score (nSPS) is 10.5. The van der Waals surface area contributed by atoms with E-state index in [-0.39, 0.29) is 17.9 Å². The number of aromatic nitrogens is 2. The third-order valence-electron chi connectivity index (χ3n) is 4.21. The number of hydrogen-bond donors (Lipinski definition) is 3. The number of aromatic amines is 1. The number of aryl methyl sites for hydroxylation is 1. The molecule has 0 spiro atoms. The zero-order valence-electron chi connectivity index (χ0n) is 15.8. The molecule has 0 fully saturated rings. The Labute approximate surface area is 171 Å². The molecule has 2 amide bonds. The zero-order valence-corrected chi connectivity index (χ0v) is 16.6. The number of hydrogen-bond acceptors (Lipinski definition) is 5. The van der Waals surface area contributed by atoms with Crippen molar-refractivity contribution in [3.05, 3.63) is 87.3 Å². The van der Waals surface area contributed by atoms with Crippen LogP contribution in [0.25, 0.3) is 0 Å². The maximum absolute atomic E-state index is 12.4. The van der Waals surface area contributed by atoms with E-state index in [1.54, 1.807) is 19.1 Å². The largest absolute Gasteiger partial charge is 0.366 e. The Morgan fingerprint density at radius 3 is 2.41 bits per heavy atom. The summed E-state index contributed by atoms with van der Waals surface area (Å²) in [7, 11) is 0. The molecule has 1 aromatic heterocycles. The summed E-state index contributed by atoms with van der Waals surface area (Å²) in [5.74, 6) is -0.206. The number of carbonyl (C=O) groups excluding carboxylic acids is 2. The Hall–Kier alpha value is -3.39. The summed E-state index contributed by atoms with van der Waals surface area (Å²) in [6.45, 7) is 1.71. The van der Waals surface area contributed by atoms with E-state index in [1.807, 2.05) is 30.3 Å². The first-order valence-corrected chi connectivity index (χ1v) is 9.87. The van der Waals surface area contributed by atoms with Crippen molar-refractivity contribution in [2.24, 2.45) is 5.73 Å². The summed E-state index contributed by atoms with van der Waals surface area (Å²) >= 11 is 1.43. The highest BCUT2D eigenvalue weighted by Gasteiger charge is 2.13. The number of nitrogens with one attached hydrogen (secondary N) is 2. The Morgan fingerprint density at radius 1 is 1.10 bits per heavy atom. The first-order valence-electron chi connectivity index (χ1n) is 8.88. The molecule has 2 aromatic carbocycles. The highest BCUT2D eigenvalue weighted by Crippen LogP contribution is 2.19. The molecule has 8 heteroatoms. The molecule has 3 rings (SSSR count). The summed E-state index contributed by atoms with van der Waals surface area (Å²) < 4.78 is 0. The van der Waals surface area contributed by atoms with Gasteiger partial charge in [-0.15, -0.1) is 0 Å². The van der Waals surface area contributed by atoms with Crippen LogP contribution in [0.2, 0.25) is 0 Å². The molecule has 4 N–H and O–H groups in total. The lowest BCUT2D eigenvalue weighted by atomic mass is 10.1. The molecular formula is C21H20N4O3S. The molecule has 3 aromatic rings. The van der Waals surface area contributed by atoms with Gasteiger partial charge in [-0.25, -0.2) is 4.98 Å². The molecule has 0 radical (unpaired) electrons. The van der Waals surface area contributed by atoms with Crippen LogP contribution < -0.4 is 16.6 Å². The lowest BCUT2D eigenvalue weighted by Gasteiger charge is -2.08. The van der Waals surface area contributed by atoms with E-state index in [9.17, 15) is 14.4 Å². The van der Waals surface area contributed by atoms with Crippen LogP contribution in [0.3, 0.4) is 0 Å². The fourth-order valence-electron chi connectivity index (χ4n) is 2.67. The van der Waals surface area contributed by atoms with Crippen molar-refractivity contribution in [1.82, 2.24) is 9.97 Å². The maximum atomic E-state index is 12.4. The van der Waals surface area contributed by atoms with Crippen LogP contribution in [0.1, 0.15) is 27.2 Å². The number of benzene rings is 2. The van der Waals surface area contributed by atoms with Crippen LogP contribution in [0.5, 0.6) is 0 Å². The van der Waals surface area contributed by atoms with E-state index in [0.717, 1.165) is 5.56 Å². The maximum Gasteiger partial charge on any atom is 0.255 e. The first kappa shape index (κ1) is 20.3. The summed E-state index contributed by atoms with van der Waals surface area (Å²) in [5, 5.41) is 3.21. The Kier molecular flexibility index (Phi) is 6.46. The smallest absolute Gasteiger partial charge is 0.255 e. The van der Waals surface area contributed by atoms with Gasteiger partial charge in [-0.3, -0.25) is 14.4 Å². The number of H-pyrrole nitrogens is 1. The summed E-state index contributed by atoms with van der Waals surface area (Å²) in [4.78, 5) is 43.0. The Bertz CT molecular complexity index is 1080. The standard InChI is InChI=1S/C21H20N4O3S/c1-13-17(11-18(26)24-16-9-7-15(8-10-16)19(22)27)20(28)25-21(23-13)29-12-14-5-3-2-4-6-14/h2-10H,11-12H2,1H3,(H2,22,27)(H,24,26)(H,23,25,28). The number of amides is 2. The highest BCUT2D eigenvalue weighted by atomic mass is 32.2. The Morgan fingerprint density at radius 2 is 1.79 bits per heavy atom. The molecule has 148 valence electrons. The minimum atomic E-state index is -0.540. The second kappa shape index (κ2) is 9.20.